The van der Waals surface area contributed by atoms with E-state index in [0.29, 0.717) is 30.2 Å². The monoisotopic (exact) mass is 265 g/mol. The highest BCUT2D eigenvalue weighted by Gasteiger charge is 2.42. The summed E-state index contributed by atoms with van der Waals surface area (Å²) in [5.41, 5.74) is 6.28. The van der Waals surface area contributed by atoms with E-state index in [2.05, 4.69) is 4.74 Å². The zero-order chi connectivity index (χ0) is 13.9. The lowest BCUT2D eigenvalue weighted by atomic mass is 10.1. The average Bonchev–Trinajstić information content (AvgIpc) is 3.24. The molecule has 0 spiro atoms. The van der Waals surface area contributed by atoms with Gasteiger partial charge in [-0.1, -0.05) is 0 Å². The van der Waals surface area contributed by atoms with Crippen molar-refractivity contribution in [1.29, 1.82) is 0 Å². The fourth-order valence-electron chi connectivity index (χ4n) is 1.85. The van der Waals surface area contributed by atoms with Crippen LogP contribution in [-0.4, -0.2) is 33.3 Å². The highest BCUT2D eigenvalue weighted by molar-refractivity contribution is 5.90. The number of methoxy groups -OCH3 is 2. The lowest BCUT2D eigenvalue weighted by molar-refractivity contribution is 0.0600. The van der Waals surface area contributed by atoms with E-state index in [1.807, 2.05) is 0 Å². The minimum absolute atomic E-state index is 0.131. The molecule has 0 saturated heterocycles. The van der Waals surface area contributed by atoms with Gasteiger partial charge < -0.3 is 19.9 Å². The van der Waals surface area contributed by atoms with Crippen LogP contribution in [0.4, 0.5) is 0 Å². The van der Waals surface area contributed by atoms with Gasteiger partial charge in [0.25, 0.3) is 0 Å². The van der Waals surface area contributed by atoms with Crippen LogP contribution >= 0.6 is 0 Å². The standard InChI is InChI=1S/C14H19NO4/c1-17-12-7-10(13(16)18-2)3-4-11(12)19-9-14(8-15)5-6-14/h3-4,7H,5-6,8-9,15H2,1-2H3. The Kier molecular flexibility index (Phi) is 3.95. The summed E-state index contributed by atoms with van der Waals surface area (Å²) in [5.74, 6) is 0.746. The number of ether oxygens (including phenoxy) is 3. The molecule has 2 N–H and O–H groups in total. The van der Waals surface area contributed by atoms with E-state index in [1.165, 1.54) is 7.11 Å². The van der Waals surface area contributed by atoms with Crippen LogP contribution in [0.1, 0.15) is 23.2 Å². The normalized spacial score (nSPS) is 15.7. The zero-order valence-corrected chi connectivity index (χ0v) is 11.3. The molecule has 5 nitrogen and oxygen atoms in total. The maximum atomic E-state index is 11.4. The van der Waals surface area contributed by atoms with E-state index in [0.717, 1.165) is 12.8 Å². The second-order valence-electron chi connectivity index (χ2n) is 4.85. The molecule has 1 aliphatic carbocycles. The van der Waals surface area contributed by atoms with Crippen LogP contribution in [-0.2, 0) is 4.74 Å². The predicted molar refractivity (Wildman–Crippen MR) is 70.5 cm³/mol. The molecular formula is C14H19NO4. The van der Waals surface area contributed by atoms with Crippen LogP contribution < -0.4 is 15.2 Å². The molecule has 0 amide bonds. The van der Waals surface area contributed by atoms with Gasteiger partial charge in [-0.15, -0.1) is 0 Å². The van der Waals surface area contributed by atoms with Gasteiger partial charge in [0, 0.05) is 12.0 Å². The molecule has 104 valence electrons. The summed E-state index contributed by atoms with van der Waals surface area (Å²) in [7, 11) is 2.89. The van der Waals surface area contributed by atoms with Gasteiger partial charge in [-0.2, -0.15) is 0 Å². The topological polar surface area (TPSA) is 70.8 Å². The van der Waals surface area contributed by atoms with Crippen LogP contribution in [0.15, 0.2) is 18.2 Å². The van der Waals surface area contributed by atoms with E-state index in [4.69, 9.17) is 15.2 Å². The summed E-state index contributed by atoms with van der Waals surface area (Å²) >= 11 is 0. The van der Waals surface area contributed by atoms with Gasteiger partial charge in [0.05, 0.1) is 26.4 Å². The summed E-state index contributed by atoms with van der Waals surface area (Å²) in [4.78, 5) is 11.4. The van der Waals surface area contributed by atoms with Crippen LogP contribution in [0.3, 0.4) is 0 Å². The molecule has 0 aliphatic heterocycles. The molecule has 0 aromatic heterocycles. The van der Waals surface area contributed by atoms with Crippen molar-refractivity contribution in [2.75, 3.05) is 27.4 Å². The third kappa shape index (κ3) is 2.98. The first-order valence-corrected chi connectivity index (χ1v) is 6.23. The Hall–Kier alpha value is -1.75. The number of hydrogen-bond donors (Lipinski definition) is 1. The maximum absolute atomic E-state index is 11.4. The van der Waals surface area contributed by atoms with Gasteiger partial charge in [-0.25, -0.2) is 4.79 Å². The number of carbonyl (C=O) groups excluding carboxylic acids is 1. The fraction of sp³-hybridized carbons (Fsp3) is 0.500. The average molecular weight is 265 g/mol. The first-order chi connectivity index (χ1) is 9.14. The summed E-state index contributed by atoms with van der Waals surface area (Å²) in [6.07, 6.45) is 2.21. The molecule has 1 aromatic rings. The van der Waals surface area contributed by atoms with Crippen LogP contribution in [0.2, 0.25) is 0 Å². The second kappa shape index (κ2) is 5.48. The Labute approximate surface area is 112 Å². The first-order valence-electron chi connectivity index (χ1n) is 6.23. The summed E-state index contributed by atoms with van der Waals surface area (Å²) in [6, 6.07) is 4.99. The molecule has 5 heteroatoms. The number of carbonyl (C=O) groups is 1. The number of nitrogens with two attached hydrogens (primary N) is 1. The molecule has 1 aliphatic rings. The number of rotatable bonds is 6. The minimum Gasteiger partial charge on any atom is -0.493 e. The van der Waals surface area contributed by atoms with Crippen molar-refractivity contribution in [3.63, 3.8) is 0 Å². The molecule has 0 unspecified atom stereocenters. The fourth-order valence-corrected chi connectivity index (χ4v) is 1.85. The quantitative estimate of drug-likeness (QED) is 0.791. The molecule has 2 rings (SSSR count). The molecule has 0 radical (unpaired) electrons. The third-order valence-electron chi connectivity index (χ3n) is 3.51. The van der Waals surface area contributed by atoms with Gasteiger partial charge in [0.1, 0.15) is 0 Å². The first kappa shape index (κ1) is 13.7. The molecule has 0 bridgehead atoms. The molecule has 19 heavy (non-hydrogen) atoms. The Morgan fingerprint density at radius 2 is 2.05 bits per heavy atom. The Bertz CT molecular complexity index is 469. The Morgan fingerprint density at radius 3 is 2.58 bits per heavy atom. The van der Waals surface area contributed by atoms with Crippen molar-refractivity contribution in [1.82, 2.24) is 0 Å². The highest BCUT2D eigenvalue weighted by atomic mass is 16.5. The van der Waals surface area contributed by atoms with Crippen molar-refractivity contribution in [3.8, 4) is 11.5 Å². The van der Waals surface area contributed by atoms with Gasteiger partial charge in [0.15, 0.2) is 11.5 Å². The van der Waals surface area contributed by atoms with Crippen LogP contribution in [0.25, 0.3) is 0 Å². The SMILES string of the molecule is COC(=O)c1ccc(OCC2(CN)CC2)c(OC)c1. The number of benzene rings is 1. The summed E-state index contributed by atoms with van der Waals surface area (Å²) < 4.78 is 15.7. The Morgan fingerprint density at radius 1 is 1.32 bits per heavy atom. The molecule has 1 fully saturated rings. The summed E-state index contributed by atoms with van der Waals surface area (Å²) in [5, 5.41) is 0. The maximum Gasteiger partial charge on any atom is 0.337 e. The minimum atomic E-state index is -0.398. The summed E-state index contributed by atoms with van der Waals surface area (Å²) in [6.45, 7) is 1.22. The van der Waals surface area contributed by atoms with Crippen LogP contribution in [0, 0.1) is 5.41 Å². The van der Waals surface area contributed by atoms with Crippen molar-refractivity contribution in [2.24, 2.45) is 11.1 Å². The van der Waals surface area contributed by atoms with Gasteiger partial charge in [-0.05, 0) is 31.0 Å². The predicted octanol–water partition coefficient (Wildman–Crippen LogP) is 1.60. The lowest BCUT2D eigenvalue weighted by Crippen LogP contribution is -2.23. The Balaban J connectivity index is 2.10. The zero-order valence-electron chi connectivity index (χ0n) is 11.3. The second-order valence-corrected chi connectivity index (χ2v) is 4.85. The molecule has 1 aromatic carbocycles. The smallest absolute Gasteiger partial charge is 0.337 e. The molecule has 0 atom stereocenters. The molecule has 1 saturated carbocycles. The number of esters is 1. The molecular weight excluding hydrogens is 246 g/mol. The largest absolute Gasteiger partial charge is 0.493 e. The van der Waals surface area contributed by atoms with Gasteiger partial charge >= 0.3 is 5.97 Å². The third-order valence-corrected chi connectivity index (χ3v) is 3.51. The van der Waals surface area contributed by atoms with Crippen molar-refractivity contribution in [2.45, 2.75) is 12.8 Å². The highest BCUT2D eigenvalue weighted by Crippen LogP contribution is 2.45. The number of hydrogen-bond acceptors (Lipinski definition) is 5. The van der Waals surface area contributed by atoms with Crippen LogP contribution in [0.5, 0.6) is 11.5 Å². The lowest BCUT2D eigenvalue weighted by Gasteiger charge is -2.16. The molecule has 0 heterocycles. The van der Waals surface area contributed by atoms with Gasteiger partial charge in [0.2, 0.25) is 0 Å². The van der Waals surface area contributed by atoms with E-state index >= 15 is 0 Å². The van der Waals surface area contributed by atoms with E-state index < -0.39 is 5.97 Å². The van der Waals surface area contributed by atoms with Gasteiger partial charge in [-0.3, -0.25) is 0 Å². The van der Waals surface area contributed by atoms with Crippen molar-refractivity contribution in [3.05, 3.63) is 23.8 Å². The van der Waals surface area contributed by atoms with E-state index in [9.17, 15) is 4.79 Å². The van der Waals surface area contributed by atoms with Crippen molar-refractivity contribution >= 4 is 5.97 Å². The van der Waals surface area contributed by atoms with E-state index in [-0.39, 0.29) is 5.41 Å². The van der Waals surface area contributed by atoms with E-state index in [1.54, 1.807) is 25.3 Å². The van der Waals surface area contributed by atoms with Crippen molar-refractivity contribution < 1.29 is 19.0 Å².